The molecule has 0 aromatic heterocycles. The SMILES string of the molecule is FC(F)(F)COCCCC1(CCl)CCC1. The average Bonchev–Trinajstić information content (AvgIpc) is 2.06. The Hall–Kier alpha value is 0.0400. The first-order valence-electron chi connectivity index (χ1n) is 5.18. The van der Waals surface area contributed by atoms with Crippen LogP contribution in [0.4, 0.5) is 13.2 Å². The summed E-state index contributed by atoms with van der Waals surface area (Å²) < 4.78 is 39.7. The molecule has 90 valence electrons. The summed E-state index contributed by atoms with van der Waals surface area (Å²) in [6.45, 7) is -0.959. The molecular formula is C10H16ClF3O. The molecule has 0 unspecified atom stereocenters. The standard InChI is InChI=1S/C10H16ClF3O/c11-7-9(3-1-4-9)5-2-6-15-8-10(12,13)14/h1-8H2. The fourth-order valence-electron chi connectivity index (χ4n) is 1.86. The second-order valence-electron chi connectivity index (χ2n) is 4.26. The Kier molecular flexibility index (Phi) is 4.71. The molecule has 0 spiro atoms. The van der Waals surface area contributed by atoms with Gasteiger partial charge < -0.3 is 4.74 Å². The van der Waals surface area contributed by atoms with Gasteiger partial charge in [0, 0.05) is 12.5 Å². The molecule has 0 N–H and O–H groups in total. The highest BCUT2D eigenvalue weighted by Gasteiger charge is 2.35. The van der Waals surface area contributed by atoms with Crippen LogP contribution >= 0.6 is 11.6 Å². The molecule has 0 amide bonds. The normalized spacial score (nSPS) is 20.0. The number of rotatable bonds is 6. The molecule has 0 heterocycles. The second-order valence-corrected chi connectivity index (χ2v) is 4.53. The maximum absolute atomic E-state index is 11.7. The zero-order valence-electron chi connectivity index (χ0n) is 8.58. The van der Waals surface area contributed by atoms with Gasteiger partial charge in [0.15, 0.2) is 0 Å². The molecule has 0 aliphatic heterocycles. The molecule has 15 heavy (non-hydrogen) atoms. The molecule has 0 atom stereocenters. The lowest BCUT2D eigenvalue weighted by Crippen LogP contribution is -2.31. The predicted molar refractivity (Wildman–Crippen MR) is 53.1 cm³/mol. The van der Waals surface area contributed by atoms with Gasteiger partial charge in [-0.3, -0.25) is 0 Å². The first kappa shape index (κ1) is 13.1. The van der Waals surface area contributed by atoms with Crippen LogP contribution in [0.1, 0.15) is 32.1 Å². The molecule has 1 aliphatic carbocycles. The van der Waals surface area contributed by atoms with Gasteiger partial charge >= 0.3 is 6.18 Å². The third-order valence-corrected chi connectivity index (χ3v) is 3.53. The molecular weight excluding hydrogens is 229 g/mol. The van der Waals surface area contributed by atoms with E-state index in [4.69, 9.17) is 11.6 Å². The van der Waals surface area contributed by atoms with E-state index in [1.807, 2.05) is 0 Å². The van der Waals surface area contributed by atoms with Gasteiger partial charge in [-0.15, -0.1) is 11.6 Å². The van der Waals surface area contributed by atoms with Crippen LogP contribution in [0, 0.1) is 5.41 Å². The van der Waals surface area contributed by atoms with Crippen LogP contribution in [0.5, 0.6) is 0 Å². The Bertz CT molecular complexity index is 184. The molecule has 5 heteroatoms. The maximum Gasteiger partial charge on any atom is 0.411 e. The molecule has 0 saturated heterocycles. The van der Waals surface area contributed by atoms with Gasteiger partial charge in [0.25, 0.3) is 0 Å². The summed E-state index contributed by atoms with van der Waals surface area (Å²) in [5.41, 5.74) is 0.198. The van der Waals surface area contributed by atoms with E-state index in [1.165, 1.54) is 6.42 Å². The van der Waals surface area contributed by atoms with Crippen molar-refractivity contribution < 1.29 is 17.9 Å². The minimum Gasteiger partial charge on any atom is -0.372 e. The Morgan fingerprint density at radius 1 is 1.27 bits per heavy atom. The number of hydrogen-bond acceptors (Lipinski definition) is 1. The van der Waals surface area contributed by atoms with E-state index < -0.39 is 12.8 Å². The molecule has 1 aliphatic rings. The Morgan fingerprint density at radius 2 is 1.93 bits per heavy atom. The summed E-state index contributed by atoms with van der Waals surface area (Å²) in [6.07, 6.45) is 0.749. The van der Waals surface area contributed by atoms with Gasteiger partial charge in [0.1, 0.15) is 6.61 Å². The van der Waals surface area contributed by atoms with Gasteiger partial charge in [0.2, 0.25) is 0 Å². The summed E-state index contributed by atoms with van der Waals surface area (Å²) in [7, 11) is 0. The summed E-state index contributed by atoms with van der Waals surface area (Å²) >= 11 is 5.82. The highest BCUT2D eigenvalue weighted by Crippen LogP contribution is 2.45. The molecule has 1 saturated carbocycles. The number of hydrogen-bond donors (Lipinski definition) is 0. The van der Waals surface area contributed by atoms with E-state index in [2.05, 4.69) is 4.74 Å². The first-order valence-corrected chi connectivity index (χ1v) is 5.71. The Morgan fingerprint density at radius 3 is 2.33 bits per heavy atom. The minimum atomic E-state index is -4.21. The van der Waals surface area contributed by atoms with Crippen molar-refractivity contribution in [3.8, 4) is 0 Å². The molecule has 0 aromatic carbocycles. The second kappa shape index (κ2) is 5.39. The lowest BCUT2D eigenvalue weighted by atomic mass is 9.67. The number of ether oxygens (including phenoxy) is 1. The van der Waals surface area contributed by atoms with E-state index in [1.54, 1.807) is 0 Å². The van der Waals surface area contributed by atoms with Crippen molar-refractivity contribution in [2.24, 2.45) is 5.41 Å². The van der Waals surface area contributed by atoms with Crippen LogP contribution in [0.3, 0.4) is 0 Å². The molecule has 1 fully saturated rings. The molecule has 0 aromatic rings. The van der Waals surface area contributed by atoms with Crippen molar-refractivity contribution in [2.75, 3.05) is 19.1 Å². The van der Waals surface area contributed by atoms with Crippen LogP contribution in [-0.2, 0) is 4.74 Å². The van der Waals surface area contributed by atoms with Crippen LogP contribution in [-0.4, -0.2) is 25.3 Å². The lowest BCUT2D eigenvalue weighted by molar-refractivity contribution is -0.174. The van der Waals surface area contributed by atoms with E-state index >= 15 is 0 Å². The van der Waals surface area contributed by atoms with E-state index in [-0.39, 0.29) is 12.0 Å². The van der Waals surface area contributed by atoms with E-state index in [9.17, 15) is 13.2 Å². The van der Waals surface area contributed by atoms with Crippen LogP contribution in [0.15, 0.2) is 0 Å². The first-order chi connectivity index (χ1) is 6.97. The maximum atomic E-state index is 11.7. The van der Waals surface area contributed by atoms with Crippen molar-refractivity contribution in [3.63, 3.8) is 0 Å². The third-order valence-electron chi connectivity index (χ3n) is 2.96. The topological polar surface area (TPSA) is 9.23 Å². The summed E-state index contributed by atoms with van der Waals surface area (Å²) in [5, 5.41) is 0. The zero-order valence-corrected chi connectivity index (χ0v) is 9.33. The highest BCUT2D eigenvalue weighted by atomic mass is 35.5. The van der Waals surface area contributed by atoms with Crippen molar-refractivity contribution in [3.05, 3.63) is 0 Å². The molecule has 0 radical (unpaired) electrons. The van der Waals surface area contributed by atoms with Crippen LogP contribution in [0.2, 0.25) is 0 Å². The van der Waals surface area contributed by atoms with Crippen molar-refractivity contribution in [1.82, 2.24) is 0 Å². The van der Waals surface area contributed by atoms with E-state index in [0.29, 0.717) is 12.3 Å². The van der Waals surface area contributed by atoms with Crippen LogP contribution < -0.4 is 0 Å². The Balaban J connectivity index is 2.02. The third kappa shape index (κ3) is 4.60. The minimum absolute atomic E-state index is 0.179. The quantitative estimate of drug-likeness (QED) is 0.511. The predicted octanol–water partition coefficient (Wildman–Crippen LogP) is 3.75. The number of alkyl halides is 4. The largest absolute Gasteiger partial charge is 0.411 e. The summed E-state index contributed by atoms with van der Waals surface area (Å²) in [5.74, 6) is 0.617. The average molecular weight is 245 g/mol. The summed E-state index contributed by atoms with van der Waals surface area (Å²) in [4.78, 5) is 0. The van der Waals surface area contributed by atoms with Gasteiger partial charge in [-0.25, -0.2) is 0 Å². The van der Waals surface area contributed by atoms with Gasteiger partial charge in [-0.05, 0) is 31.1 Å². The van der Waals surface area contributed by atoms with E-state index in [0.717, 1.165) is 19.3 Å². The van der Waals surface area contributed by atoms with Crippen LogP contribution in [0.25, 0.3) is 0 Å². The van der Waals surface area contributed by atoms with Gasteiger partial charge in [-0.1, -0.05) is 6.42 Å². The van der Waals surface area contributed by atoms with Crippen molar-refractivity contribution in [1.29, 1.82) is 0 Å². The zero-order chi connectivity index (χ0) is 11.4. The Labute approximate surface area is 92.9 Å². The molecule has 1 nitrogen and oxygen atoms in total. The smallest absolute Gasteiger partial charge is 0.372 e. The molecule has 1 rings (SSSR count). The summed E-state index contributed by atoms with van der Waals surface area (Å²) in [6, 6.07) is 0. The fourth-order valence-corrected chi connectivity index (χ4v) is 2.27. The monoisotopic (exact) mass is 244 g/mol. The van der Waals surface area contributed by atoms with Gasteiger partial charge in [0.05, 0.1) is 0 Å². The number of halogens is 4. The van der Waals surface area contributed by atoms with Gasteiger partial charge in [-0.2, -0.15) is 13.2 Å². The molecule has 0 bridgehead atoms. The lowest BCUT2D eigenvalue weighted by Gasteiger charge is -2.40. The van der Waals surface area contributed by atoms with Crippen molar-refractivity contribution in [2.45, 2.75) is 38.3 Å². The fraction of sp³-hybridized carbons (Fsp3) is 1.00. The van der Waals surface area contributed by atoms with Crippen molar-refractivity contribution >= 4 is 11.6 Å². The highest BCUT2D eigenvalue weighted by molar-refractivity contribution is 6.18.